The van der Waals surface area contributed by atoms with Crippen LogP contribution >= 0.6 is 11.3 Å². The molecule has 2 rings (SSSR count). The van der Waals surface area contributed by atoms with Gasteiger partial charge in [-0.2, -0.15) is 0 Å². The molecule has 0 bridgehead atoms. The summed E-state index contributed by atoms with van der Waals surface area (Å²) >= 11 is 1.63. The first-order valence-electron chi connectivity index (χ1n) is 7.22. The first-order valence-corrected chi connectivity index (χ1v) is 8.10. The minimum atomic E-state index is -0.768. The van der Waals surface area contributed by atoms with Crippen molar-refractivity contribution in [3.63, 3.8) is 0 Å². The topological polar surface area (TPSA) is 79.5 Å². The fourth-order valence-corrected chi connectivity index (χ4v) is 3.03. The molecule has 118 valence electrons. The highest BCUT2D eigenvalue weighted by Crippen LogP contribution is 2.25. The summed E-state index contributed by atoms with van der Waals surface area (Å²) in [4.78, 5) is 17.2. The van der Waals surface area contributed by atoms with E-state index in [1.165, 1.54) is 0 Å². The summed E-state index contributed by atoms with van der Waals surface area (Å²) in [6.07, 6.45) is 0.958. The third-order valence-electron chi connectivity index (χ3n) is 3.29. The van der Waals surface area contributed by atoms with Crippen LogP contribution in [-0.2, 0) is 17.8 Å². The number of nitrogens with two attached hydrogens (primary N) is 1. The predicted octanol–water partition coefficient (Wildman–Crippen LogP) is 2.22. The van der Waals surface area contributed by atoms with Crippen molar-refractivity contribution in [1.29, 1.82) is 0 Å². The fourth-order valence-electron chi connectivity index (χ4n) is 2.18. The summed E-state index contributed by atoms with van der Waals surface area (Å²) < 4.78 is 0. The molecule has 0 aliphatic heterocycles. The van der Waals surface area contributed by atoms with Crippen LogP contribution in [0.15, 0.2) is 29.6 Å². The molecule has 0 radical (unpaired) electrons. The van der Waals surface area contributed by atoms with Crippen LogP contribution < -0.4 is 5.73 Å². The number of benzene rings is 1. The molecule has 0 amide bonds. The molecule has 6 heteroatoms. The quantitative estimate of drug-likeness (QED) is 0.780. The van der Waals surface area contributed by atoms with Crippen molar-refractivity contribution >= 4 is 17.3 Å². The third kappa shape index (κ3) is 4.91. The van der Waals surface area contributed by atoms with E-state index in [4.69, 9.17) is 10.8 Å². The van der Waals surface area contributed by atoms with E-state index in [1.54, 1.807) is 11.3 Å². The van der Waals surface area contributed by atoms with Gasteiger partial charge in [-0.25, -0.2) is 4.98 Å². The minimum absolute atomic E-state index is 0.158. The van der Waals surface area contributed by atoms with E-state index in [0.29, 0.717) is 13.1 Å². The Morgan fingerprint density at radius 2 is 2.27 bits per heavy atom. The normalized spacial score (nSPS) is 11.0. The molecule has 2 aromatic rings. The highest BCUT2D eigenvalue weighted by Gasteiger charge is 2.07. The SMILES string of the molecule is CN(CCC(=O)O)Cc1cccc(-c2nc(CCN)cs2)c1. The van der Waals surface area contributed by atoms with Gasteiger partial charge in [0.2, 0.25) is 0 Å². The van der Waals surface area contributed by atoms with Gasteiger partial charge >= 0.3 is 5.97 Å². The van der Waals surface area contributed by atoms with Crippen LogP contribution in [0.2, 0.25) is 0 Å². The Morgan fingerprint density at radius 3 is 3.00 bits per heavy atom. The van der Waals surface area contributed by atoms with E-state index in [9.17, 15) is 4.79 Å². The van der Waals surface area contributed by atoms with Gasteiger partial charge in [-0.15, -0.1) is 11.3 Å². The largest absolute Gasteiger partial charge is 0.481 e. The van der Waals surface area contributed by atoms with Crippen molar-refractivity contribution in [3.05, 3.63) is 40.9 Å². The lowest BCUT2D eigenvalue weighted by Crippen LogP contribution is -2.21. The van der Waals surface area contributed by atoms with Gasteiger partial charge in [0.15, 0.2) is 0 Å². The lowest BCUT2D eigenvalue weighted by atomic mass is 10.1. The zero-order valence-corrected chi connectivity index (χ0v) is 13.5. The van der Waals surface area contributed by atoms with Gasteiger partial charge in [0, 0.05) is 30.5 Å². The summed E-state index contributed by atoms with van der Waals surface area (Å²) in [6.45, 7) is 1.87. The molecule has 0 unspecified atom stereocenters. The molecule has 0 spiro atoms. The van der Waals surface area contributed by atoms with Crippen molar-refractivity contribution in [3.8, 4) is 10.6 Å². The maximum absolute atomic E-state index is 10.6. The average Bonchev–Trinajstić information content (AvgIpc) is 2.94. The van der Waals surface area contributed by atoms with Crippen LogP contribution in [0.5, 0.6) is 0 Å². The Kier molecular flexibility index (Phi) is 6.06. The summed E-state index contributed by atoms with van der Waals surface area (Å²) in [6, 6.07) is 8.23. The standard InChI is InChI=1S/C16H21N3O2S/c1-19(8-6-15(20)21)10-12-3-2-4-13(9-12)16-18-14(5-7-17)11-22-16/h2-4,9,11H,5-8,10,17H2,1H3,(H,20,21). The van der Waals surface area contributed by atoms with Crippen LogP contribution in [0.3, 0.4) is 0 Å². The summed E-state index contributed by atoms with van der Waals surface area (Å²) in [7, 11) is 1.93. The monoisotopic (exact) mass is 319 g/mol. The van der Waals surface area contributed by atoms with E-state index < -0.39 is 5.97 Å². The number of aliphatic carboxylic acids is 1. The van der Waals surface area contributed by atoms with Crippen LogP contribution in [0, 0.1) is 0 Å². The zero-order valence-electron chi connectivity index (χ0n) is 12.7. The van der Waals surface area contributed by atoms with Gasteiger partial charge in [0.05, 0.1) is 12.1 Å². The summed E-state index contributed by atoms with van der Waals surface area (Å²) in [5.74, 6) is -0.768. The molecule has 5 nitrogen and oxygen atoms in total. The highest BCUT2D eigenvalue weighted by atomic mass is 32.1. The Balaban J connectivity index is 2.04. The molecule has 3 N–H and O–H groups in total. The maximum Gasteiger partial charge on any atom is 0.304 e. The molecule has 0 fully saturated rings. The van der Waals surface area contributed by atoms with E-state index >= 15 is 0 Å². The molecular formula is C16H21N3O2S. The first kappa shape index (κ1) is 16.6. The molecule has 0 aliphatic carbocycles. The summed E-state index contributed by atoms with van der Waals surface area (Å²) in [5.41, 5.74) is 8.84. The Bertz CT molecular complexity index is 627. The van der Waals surface area contributed by atoms with Crippen molar-refractivity contribution in [1.82, 2.24) is 9.88 Å². The van der Waals surface area contributed by atoms with E-state index in [0.717, 1.165) is 34.8 Å². The number of hydrogen-bond donors (Lipinski definition) is 2. The number of carboxylic acids is 1. The van der Waals surface area contributed by atoms with E-state index in [-0.39, 0.29) is 6.42 Å². The number of thiazole rings is 1. The van der Waals surface area contributed by atoms with Gasteiger partial charge < -0.3 is 15.7 Å². The number of carboxylic acid groups (broad SMARTS) is 1. The van der Waals surface area contributed by atoms with E-state index in [2.05, 4.69) is 17.1 Å². The second-order valence-electron chi connectivity index (χ2n) is 5.26. The number of carbonyl (C=O) groups is 1. The van der Waals surface area contributed by atoms with Crippen LogP contribution in [0.25, 0.3) is 10.6 Å². The second-order valence-corrected chi connectivity index (χ2v) is 6.12. The van der Waals surface area contributed by atoms with Crippen molar-refractivity contribution < 1.29 is 9.90 Å². The highest BCUT2D eigenvalue weighted by molar-refractivity contribution is 7.13. The van der Waals surface area contributed by atoms with Gasteiger partial charge in [0.25, 0.3) is 0 Å². The van der Waals surface area contributed by atoms with E-state index in [1.807, 2.05) is 29.5 Å². The van der Waals surface area contributed by atoms with Crippen molar-refractivity contribution in [2.45, 2.75) is 19.4 Å². The van der Waals surface area contributed by atoms with Gasteiger partial charge in [-0.1, -0.05) is 18.2 Å². The Hall–Kier alpha value is -1.76. The van der Waals surface area contributed by atoms with Gasteiger partial charge in [-0.3, -0.25) is 4.79 Å². The van der Waals surface area contributed by atoms with Crippen LogP contribution in [0.4, 0.5) is 0 Å². The lowest BCUT2D eigenvalue weighted by Gasteiger charge is -2.15. The fraction of sp³-hybridized carbons (Fsp3) is 0.375. The lowest BCUT2D eigenvalue weighted by molar-refractivity contribution is -0.137. The first-order chi connectivity index (χ1) is 10.6. The maximum atomic E-state index is 10.6. The molecule has 0 saturated carbocycles. The molecule has 1 aromatic heterocycles. The number of rotatable bonds is 8. The smallest absolute Gasteiger partial charge is 0.304 e. The zero-order chi connectivity index (χ0) is 15.9. The van der Waals surface area contributed by atoms with Crippen LogP contribution in [-0.4, -0.2) is 41.1 Å². The third-order valence-corrected chi connectivity index (χ3v) is 4.23. The molecular weight excluding hydrogens is 298 g/mol. The number of nitrogens with zero attached hydrogens (tertiary/aromatic N) is 2. The average molecular weight is 319 g/mol. The van der Waals surface area contributed by atoms with Gasteiger partial charge in [-0.05, 0) is 25.2 Å². The predicted molar refractivity (Wildman–Crippen MR) is 88.9 cm³/mol. The molecule has 1 aromatic carbocycles. The molecule has 1 heterocycles. The molecule has 0 atom stereocenters. The second kappa shape index (κ2) is 8.03. The van der Waals surface area contributed by atoms with Crippen LogP contribution in [0.1, 0.15) is 17.7 Å². The summed E-state index contributed by atoms with van der Waals surface area (Å²) in [5, 5.41) is 11.8. The molecule has 0 aliphatic rings. The van der Waals surface area contributed by atoms with Gasteiger partial charge in [0.1, 0.15) is 5.01 Å². The Morgan fingerprint density at radius 1 is 1.45 bits per heavy atom. The number of aromatic nitrogens is 1. The number of hydrogen-bond acceptors (Lipinski definition) is 5. The minimum Gasteiger partial charge on any atom is -0.481 e. The Labute approximate surface area is 134 Å². The molecule has 0 saturated heterocycles. The van der Waals surface area contributed by atoms with Crippen molar-refractivity contribution in [2.75, 3.05) is 20.1 Å². The van der Waals surface area contributed by atoms with Crippen molar-refractivity contribution in [2.24, 2.45) is 5.73 Å². The molecule has 22 heavy (non-hydrogen) atoms.